The molecule has 1 heterocycles. The first-order valence-corrected chi connectivity index (χ1v) is 12.5. The first-order chi connectivity index (χ1) is 15.5. The molecule has 32 heavy (non-hydrogen) atoms. The van der Waals surface area contributed by atoms with E-state index in [1.54, 1.807) is 0 Å². The number of pyridine rings is 1. The largest absolute Gasteiger partial charge is 0.490 e. The zero-order valence-electron chi connectivity index (χ0n) is 18.9. The van der Waals surface area contributed by atoms with Crippen molar-refractivity contribution >= 4 is 16.9 Å². The molecule has 1 aromatic heterocycles. The van der Waals surface area contributed by atoms with Gasteiger partial charge in [0.05, 0.1) is 22.7 Å². The summed E-state index contributed by atoms with van der Waals surface area (Å²) in [5.74, 6) is 0.368. The topological polar surface area (TPSA) is 71.5 Å². The number of hydrogen-bond donors (Lipinski definition) is 2. The Labute approximate surface area is 189 Å². The zero-order chi connectivity index (χ0) is 21.8. The van der Waals surface area contributed by atoms with Gasteiger partial charge in [-0.15, -0.1) is 0 Å². The predicted molar refractivity (Wildman–Crippen MR) is 124 cm³/mol. The Bertz CT molecular complexity index is 1010. The predicted octanol–water partition coefficient (Wildman–Crippen LogP) is 5.60. The Hall–Kier alpha value is -2.14. The Morgan fingerprint density at radius 3 is 2.34 bits per heavy atom. The highest BCUT2D eigenvalue weighted by Crippen LogP contribution is 2.56. The maximum Gasteiger partial charge on any atom is 0.309 e. The van der Waals surface area contributed by atoms with Crippen LogP contribution in [0.5, 0.6) is 5.75 Å². The van der Waals surface area contributed by atoms with Crippen molar-refractivity contribution in [3.63, 3.8) is 0 Å². The number of benzene rings is 1. The van der Waals surface area contributed by atoms with Gasteiger partial charge in [-0.25, -0.2) is 0 Å². The average molecular weight is 435 g/mol. The number of aromatic nitrogens is 1. The Morgan fingerprint density at radius 2 is 1.69 bits per heavy atom. The Morgan fingerprint density at radius 1 is 0.969 bits per heavy atom. The summed E-state index contributed by atoms with van der Waals surface area (Å²) < 4.78 is 6.32. The van der Waals surface area contributed by atoms with Crippen LogP contribution in [0.2, 0.25) is 0 Å². The zero-order valence-corrected chi connectivity index (χ0v) is 18.9. The van der Waals surface area contributed by atoms with Gasteiger partial charge >= 0.3 is 5.97 Å². The Balaban J connectivity index is 1.08. The fourth-order valence-electron chi connectivity index (χ4n) is 6.56. The molecular weight excluding hydrogens is 400 g/mol. The van der Waals surface area contributed by atoms with Crippen molar-refractivity contribution in [1.82, 2.24) is 10.3 Å². The molecule has 1 aromatic carbocycles. The average Bonchev–Trinajstić information content (AvgIpc) is 3.59. The van der Waals surface area contributed by atoms with Crippen LogP contribution in [0.4, 0.5) is 0 Å². The van der Waals surface area contributed by atoms with Gasteiger partial charge in [0.15, 0.2) is 0 Å². The van der Waals surface area contributed by atoms with Crippen LogP contribution in [0.3, 0.4) is 0 Å². The van der Waals surface area contributed by atoms with Crippen molar-refractivity contribution in [2.75, 3.05) is 0 Å². The van der Waals surface area contributed by atoms with Crippen LogP contribution in [0.25, 0.3) is 10.9 Å². The lowest BCUT2D eigenvalue weighted by atomic mass is 9.57. The lowest BCUT2D eigenvalue weighted by Crippen LogP contribution is -2.56. The molecule has 0 radical (unpaired) electrons. The number of fused-ring (bicyclic) bond motifs is 4. The molecule has 5 saturated carbocycles. The number of hydrogen-bond acceptors (Lipinski definition) is 4. The van der Waals surface area contributed by atoms with Crippen molar-refractivity contribution in [1.29, 1.82) is 0 Å². The van der Waals surface area contributed by atoms with Gasteiger partial charge in [-0.1, -0.05) is 6.07 Å². The molecule has 0 unspecified atom stereocenters. The van der Waals surface area contributed by atoms with Crippen LogP contribution in [0.1, 0.15) is 82.7 Å². The number of aliphatic carboxylic acids is 1. The van der Waals surface area contributed by atoms with Crippen LogP contribution >= 0.6 is 0 Å². The summed E-state index contributed by atoms with van der Waals surface area (Å²) in [6.07, 6.45) is 13.5. The summed E-state index contributed by atoms with van der Waals surface area (Å²) in [5, 5.41) is 14.5. The molecule has 0 saturated heterocycles. The summed E-state index contributed by atoms with van der Waals surface area (Å²) in [6.45, 7) is 0.734. The van der Waals surface area contributed by atoms with E-state index < -0.39 is 11.4 Å². The second-order valence-corrected chi connectivity index (χ2v) is 11.2. The highest BCUT2D eigenvalue weighted by Gasteiger charge is 2.52. The minimum absolute atomic E-state index is 0.0879. The minimum Gasteiger partial charge on any atom is -0.490 e. The number of ether oxygens (including phenoxy) is 1. The molecule has 0 atom stereocenters. The monoisotopic (exact) mass is 434 g/mol. The Kier molecular flexibility index (Phi) is 4.76. The standard InChI is InChI=1S/C27H34N2O3/c30-24(31)26-11-14-27(15-12-26,16-13-26)28-18-20-2-1-19-17-22(3-4-23(19)29-20)32-21-5-7-25(8-6-21)9-10-25/h1-4,17,21,28H,5-16,18H2,(H,30,31). The number of carboxylic acid groups (broad SMARTS) is 1. The third-order valence-electron chi connectivity index (χ3n) is 9.32. The third-order valence-corrected chi connectivity index (χ3v) is 9.32. The van der Waals surface area contributed by atoms with Crippen molar-refractivity contribution in [3.8, 4) is 5.75 Å². The van der Waals surface area contributed by atoms with Crippen LogP contribution in [0.15, 0.2) is 30.3 Å². The van der Waals surface area contributed by atoms with Gasteiger partial charge in [0.25, 0.3) is 0 Å². The highest BCUT2D eigenvalue weighted by molar-refractivity contribution is 5.80. The first-order valence-electron chi connectivity index (χ1n) is 12.5. The maximum atomic E-state index is 11.7. The molecule has 5 aliphatic rings. The van der Waals surface area contributed by atoms with Crippen LogP contribution in [-0.4, -0.2) is 27.7 Å². The molecule has 0 amide bonds. The molecule has 2 bridgehead atoms. The van der Waals surface area contributed by atoms with Crippen molar-refractivity contribution in [2.45, 2.75) is 95.2 Å². The number of carbonyl (C=O) groups is 1. The van der Waals surface area contributed by atoms with E-state index in [0.29, 0.717) is 11.5 Å². The smallest absolute Gasteiger partial charge is 0.309 e. The SMILES string of the molecule is O=C(O)C12CCC(NCc3ccc4cc(OC5CCC6(CC5)CC6)ccc4n3)(CC1)CC2. The fraction of sp³-hybridized carbons (Fsp3) is 0.630. The molecule has 5 nitrogen and oxygen atoms in total. The van der Waals surface area contributed by atoms with Crippen LogP contribution in [0, 0.1) is 10.8 Å². The van der Waals surface area contributed by atoms with Gasteiger partial charge in [0.2, 0.25) is 0 Å². The highest BCUT2D eigenvalue weighted by atomic mass is 16.5. The lowest BCUT2D eigenvalue weighted by Gasteiger charge is -2.51. The van der Waals surface area contributed by atoms with Crippen LogP contribution < -0.4 is 10.1 Å². The summed E-state index contributed by atoms with van der Waals surface area (Å²) >= 11 is 0. The number of nitrogens with zero attached hydrogens (tertiary/aromatic N) is 1. The van der Waals surface area contributed by atoms with Crippen molar-refractivity contribution in [2.24, 2.45) is 10.8 Å². The van der Waals surface area contributed by atoms with E-state index in [4.69, 9.17) is 9.72 Å². The molecule has 5 fully saturated rings. The summed E-state index contributed by atoms with van der Waals surface area (Å²) in [7, 11) is 0. The second kappa shape index (κ2) is 7.44. The fourth-order valence-corrected chi connectivity index (χ4v) is 6.56. The van der Waals surface area contributed by atoms with E-state index >= 15 is 0 Å². The molecule has 2 N–H and O–H groups in total. The molecular formula is C27H34N2O3. The normalized spacial score (nSPS) is 31.1. The van der Waals surface area contributed by atoms with Gasteiger partial charge in [-0.05, 0) is 107 Å². The molecule has 2 aromatic rings. The number of carboxylic acids is 1. The van der Waals surface area contributed by atoms with Gasteiger partial charge in [-0.3, -0.25) is 9.78 Å². The summed E-state index contributed by atoms with van der Waals surface area (Å²) in [5.41, 5.74) is 2.38. The first kappa shape index (κ1) is 20.5. The van der Waals surface area contributed by atoms with Gasteiger partial charge in [0, 0.05) is 17.5 Å². The van der Waals surface area contributed by atoms with Gasteiger partial charge in [-0.2, -0.15) is 0 Å². The molecule has 7 rings (SSSR count). The minimum atomic E-state index is -0.597. The quantitative estimate of drug-likeness (QED) is 0.619. The van der Waals surface area contributed by atoms with E-state index in [0.717, 1.165) is 67.4 Å². The van der Waals surface area contributed by atoms with Crippen molar-refractivity contribution < 1.29 is 14.6 Å². The second-order valence-electron chi connectivity index (χ2n) is 11.2. The summed E-state index contributed by atoms with van der Waals surface area (Å²) in [4.78, 5) is 16.5. The molecule has 5 aliphatic carbocycles. The van der Waals surface area contributed by atoms with E-state index in [-0.39, 0.29) is 5.54 Å². The van der Waals surface area contributed by atoms with Gasteiger partial charge in [0.1, 0.15) is 5.75 Å². The molecule has 5 heteroatoms. The van der Waals surface area contributed by atoms with Crippen molar-refractivity contribution in [3.05, 3.63) is 36.0 Å². The number of nitrogens with one attached hydrogen (secondary N) is 1. The van der Waals surface area contributed by atoms with E-state index in [2.05, 4.69) is 35.6 Å². The molecule has 1 spiro atoms. The maximum absolute atomic E-state index is 11.7. The van der Waals surface area contributed by atoms with E-state index in [9.17, 15) is 9.90 Å². The number of rotatable bonds is 6. The molecule has 170 valence electrons. The third kappa shape index (κ3) is 3.68. The molecule has 0 aliphatic heterocycles. The summed E-state index contributed by atoms with van der Waals surface area (Å²) in [6, 6.07) is 10.6. The van der Waals surface area contributed by atoms with E-state index in [1.807, 2.05) is 0 Å². The van der Waals surface area contributed by atoms with E-state index in [1.165, 1.54) is 38.5 Å². The van der Waals surface area contributed by atoms with Crippen LogP contribution in [-0.2, 0) is 11.3 Å². The lowest BCUT2D eigenvalue weighted by molar-refractivity contribution is -0.156. The van der Waals surface area contributed by atoms with Gasteiger partial charge < -0.3 is 15.2 Å².